The first kappa shape index (κ1) is 14.9. The molecule has 110 valence electrons. The average Bonchev–Trinajstić information content (AvgIpc) is 2.49. The summed E-state index contributed by atoms with van der Waals surface area (Å²) in [6.45, 7) is 2.43. The zero-order chi connectivity index (χ0) is 15.2. The predicted molar refractivity (Wildman–Crippen MR) is 75.9 cm³/mol. The highest BCUT2D eigenvalue weighted by atomic mass is 19.1. The maximum Gasteiger partial charge on any atom is 0.269 e. The fourth-order valence-electron chi connectivity index (χ4n) is 1.79. The Balaban J connectivity index is 2.08. The maximum absolute atomic E-state index is 13.5. The van der Waals surface area contributed by atoms with Gasteiger partial charge < -0.3 is 10.6 Å². The third-order valence-electron chi connectivity index (χ3n) is 2.82. The first-order valence-electron chi connectivity index (χ1n) is 6.52. The van der Waals surface area contributed by atoms with Crippen LogP contribution in [-0.4, -0.2) is 17.4 Å². The van der Waals surface area contributed by atoms with Crippen molar-refractivity contribution in [3.05, 3.63) is 59.4 Å². The van der Waals surface area contributed by atoms with Gasteiger partial charge >= 0.3 is 0 Å². The molecule has 0 aliphatic heterocycles. The number of halogens is 2. The first-order valence-corrected chi connectivity index (χ1v) is 6.52. The van der Waals surface area contributed by atoms with E-state index in [9.17, 15) is 13.6 Å². The number of pyridine rings is 1. The van der Waals surface area contributed by atoms with Crippen LogP contribution < -0.4 is 10.6 Å². The summed E-state index contributed by atoms with van der Waals surface area (Å²) in [4.78, 5) is 15.6. The van der Waals surface area contributed by atoms with E-state index in [1.165, 1.54) is 6.20 Å². The molecule has 2 rings (SSSR count). The van der Waals surface area contributed by atoms with E-state index in [2.05, 4.69) is 15.6 Å². The summed E-state index contributed by atoms with van der Waals surface area (Å²) < 4.78 is 26.6. The predicted octanol–water partition coefficient (Wildman–Crippen LogP) is 2.72. The molecule has 0 aliphatic carbocycles. The first-order chi connectivity index (χ1) is 10.1. The number of amides is 1. The van der Waals surface area contributed by atoms with Crippen LogP contribution in [0.5, 0.6) is 0 Å². The second-order valence-electron chi connectivity index (χ2n) is 4.38. The topological polar surface area (TPSA) is 54.0 Å². The van der Waals surface area contributed by atoms with Crippen molar-refractivity contribution < 1.29 is 13.6 Å². The lowest BCUT2D eigenvalue weighted by Gasteiger charge is -2.09. The highest BCUT2D eigenvalue weighted by Gasteiger charge is 2.07. The number of hydrogen-bond acceptors (Lipinski definition) is 3. The Kier molecular flexibility index (Phi) is 4.81. The van der Waals surface area contributed by atoms with Gasteiger partial charge in [-0.15, -0.1) is 0 Å². The van der Waals surface area contributed by atoms with E-state index in [1.807, 2.05) is 6.92 Å². The van der Waals surface area contributed by atoms with E-state index in [-0.39, 0.29) is 23.7 Å². The van der Waals surface area contributed by atoms with Gasteiger partial charge in [0.05, 0.1) is 0 Å². The molecule has 0 saturated heterocycles. The summed E-state index contributed by atoms with van der Waals surface area (Å²) in [6.07, 6.45) is 1.48. The fraction of sp³-hybridized carbons (Fsp3) is 0.200. The molecule has 0 unspecified atom stereocenters. The molecule has 1 aromatic heterocycles. The van der Waals surface area contributed by atoms with Crippen LogP contribution in [0.4, 0.5) is 14.5 Å². The van der Waals surface area contributed by atoms with Gasteiger partial charge in [-0.3, -0.25) is 9.78 Å². The van der Waals surface area contributed by atoms with Crippen LogP contribution in [0.15, 0.2) is 36.5 Å². The number of anilines is 1. The molecule has 0 fully saturated rings. The number of nitrogens with one attached hydrogen (secondary N) is 2. The van der Waals surface area contributed by atoms with Gasteiger partial charge in [-0.25, -0.2) is 8.78 Å². The van der Waals surface area contributed by atoms with Gasteiger partial charge in [0.25, 0.3) is 5.91 Å². The lowest BCUT2D eigenvalue weighted by Crippen LogP contribution is -2.23. The Morgan fingerprint density at radius 2 is 2.05 bits per heavy atom. The van der Waals surface area contributed by atoms with Crippen molar-refractivity contribution in [3.63, 3.8) is 0 Å². The van der Waals surface area contributed by atoms with E-state index in [4.69, 9.17) is 0 Å². The van der Waals surface area contributed by atoms with Crippen LogP contribution in [0.1, 0.15) is 23.0 Å². The van der Waals surface area contributed by atoms with Gasteiger partial charge in [-0.2, -0.15) is 0 Å². The minimum atomic E-state index is -0.494. The van der Waals surface area contributed by atoms with Crippen LogP contribution in [0.25, 0.3) is 0 Å². The Labute approximate surface area is 121 Å². The van der Waals surface area contributed by atoms with E-state index in [0.29, 0.717) is 12.2 Å². The molecular weight excluding hydrogens is 276 g/mol. The fourth-order valence-corrected chi connectivity index (χ4v) is 1.79. The van der Waals surface area contributed by atoms with Crippen molar-refractivity contribution in [1.82, 2.24) is 10.3 Å². The van der Waals surface area contributed by atoms with Gasteiger partial charge in [0.15, 0.2) is 0 Å². The smallest absolute Gasteiger partial charge is 0.269 e. The largest absolute Gasteiger partial charge is 0.381 e. The molecule has 1 heterocycles. The monoisotopic (exact) mass is 291 g/mol. The van der Waals surface area contributed by atoms with Gasteiger partial charge in [-0.05, 0) is 37.3 Å². The number of hydrogen-bond donors (Lipinski definition) is 2. The molecule has 0 radical (unpaired) electrons. The molecule has 2 N–H and O–H groups in total. The summed E-state index contributed by atoms with van der Waals surface area (Å²) in [5.74, 6) is -1.26. The second kappa shape index (κ2) is 6.78. The molecule has 0 atom stereocenters. The van der Waals surface area contributed by atoms with Crippen molar-refractivity contribution in [1.29, 1.82) is 0 Å². The SMILES string of the molecule is CCNC(=O)c1cc(NCc2cc(F)ccc2F)ccn1. The van der Waals surface area contributed by atoms with Crippen molar-refractivity contribution in [2.24, 2.45) is 0 Å². The molecular formula is C15H15F2N3O. The highest BCUT2D eigenvalue weighted by Crippen LogP contribution is 2.13. The number of nitrogens with zero attached hydrogens (tertiary/aromatic N) is 1. The standard InChI is InChI=1S/C15H15F2N3O/c1-2-18-15(21)14-8-12(5-6-19-14)20-9-10-7-11(16)3-4-13(10)17/h3-8H,2,9H2,1H3,(H,18,21)(H,19,20). The Morgan fingerprint density at radius 3 is 2.81 bits per heavy atom. The molecule has 0 aliphatic rings. The van der Waals surface area contributed by atoms with Crippen molar-refractivity contribution in [3.8, 4) is 0 Å². The summed E-state index contributed by atoms with van der Waals surface area (Å²) in [5, 5.41) is 5.58. The number of benzene rings is 1. The number of carbonyl (C=O) groups excluding carboxylic acids is 1. The second-order valence-corrected chi connectivity index (χ2v) is 4.38. The van der Waals surface area contributed by atoms with Crippen molar-refractivity contribution in [2.45, 2.75) is 13.5 Å². The minimum Gasteiger partial charge on any atom is -0.381 e. The molecule has 1 aromatic carbocycles. The number of carbonyl (C=O) groups is 1. The van der Waals surface area contributed by atoms with E-state index in [0.717, 1.165) is 18.2 Å². The average molecular weight is 291 g/mol. The third-order valence-corrected chi connectivity index (χ3v) is 2.82. The quantitative estimate of drug-likeness (QED) is 0.890. The Morgan fingerprint density at radius 1 is 1.24 bits per heavy atom. The zero-order valence-electron chi connectivity index (χ0n) is 11.5. The van der Waals surface area contributed by atoms with Crippen molar-refractivity contribution in [2.75, 3.05) is 11.9 Å². The van der Waals surface area contributed by atoms with Crippen LogP contribution in [0.2, 0.25) is 0 Å². The van der Waals surface area contributed by atoms with Gasteiger partial charge in [0.1, 0.15) is 17.3 Å². The van der Waals surface area contributed by atoms with Crippen LogP contribution in [0, 0.1) is 11.6 Å². The highest BCUT2D eigenvalue weighted by molar-refractivity contribution is 5.93. The number of rotatable bonds is 5. The molecule has 0 saturated carbocycles. The molecule has 1 amide bonds. The van der Waals surface area contributed by atoms with Gasteiger partial charge in [0, 0.05) is 30.5 Å². The lowest BCUT2D eigenvalue weighted by molar-refractivity contribution is 0.0951. The van der Waals surface area contributed by atoms with Crippen LogP contribution in [0.3, 0.4) is 0 Å². The van der Waals surface area contributed by atoms with E-state index >= 15 is 0 Å². The lowest BCUT2D eigenvalue weighted by atomic mass is 10.2. The molecule has 0 spiro atoms. The van der Waals surface area contributed by atoms with Crippen LogP contribution in [-0.2, 0) is 6.54 Å². The molecule has 21 heavy (non-hydrogen) atoms. The summed E-state index contributed by atoms with van der Waals surface area (Å²) in [7, 11) is 0. The zero-order valence-corrected chi connectivity index (χ0v) is 11.5. The van der Waals surface area contributed by atoms with Crippen LogP contribution >= 0.6 is 0 Å². The summed E-state index contributed by atoms with van der Waals surface area (Å²) in [5.41, 5.74) is 1.09. The molecule has 0 bridgehead atoms. The third kappa shape index (κ3) is 3.98. The summed E-state index contributed by atoms with van der Waals surface area (Å²) in [6, 6.07) is 6.49. The Hall–Kier alpha value is -2.50. The molecule has 6 heteroatoms. The molecule has 2 aromatic rings. The minimum absolute atomic E-state index is 0.114. The maximum atomic E-state index is 13.5. The van der Waals surface area contributed by atoms with Gasteiger partial charge in [0.2, 0.25) is 0 Å². The molecule has 4 nitrogen and oxygen atoms in total. The van der Waals surface area contributed by atoms with Crippen molar-refractivity contribution >= 4 is 11.6 Å². The van der Waals surface area contributed by atoms with E-state index in [1.54, 1.807) is 12.1 Å². The number of aromatic nitrogens is 1. The Bertz CT molecular complexity index is 647. The van der Waals surface area contributed by atoms with E-state index < -0.39 is 11.6 Å². The van der Waals surface area contributed by atoms with Gasteiger partial charge in [-0.1, -0.05) is 0 Å². The summed E-state index contributed by atoms with van der Waals surface area (Å²) >= 11 is 0. The normalized spacial score (nSPS) is 10.2.